The van der Waals surface area contributed by atoms with E-state index < -0.39 is 5.97 Å². The fourth-order valence-electron chi connectivity index (χ4n) is 1.51. The van der Waals surface area contributed by atoms with Crippen molar-refractivity contribution in [2.75, 3.05) is 11.9 Å². The predicted octanol–water partition coefficient (Wildman–Crippen LogP) is 2.02. The monoisotopic (exact) mass is 265 g/mol. The maximum atomic E-state index is 11.5. The lowest BCUT2D eigenvalue weighted by Gasteiger charge is -2.07. The standard InChI is InChI=1S/C13H19N3O3/c1-2-3-4-7-14-13(19)16-11-6-5-10(15-9-11)8-12(17)18/h5-6,9H,2-4,7-8H2,1H3,(H,17,18)(H2,14,16,19). The lowest BCUT2D eigenvalue weighted by molar-refractivity contribution is -0.136. The van der Waals surface area contributed by atoms with Gasteiger partial charge in [0.25, 0.3) is 0 Å². The number of nitrogens with zero attached hydrogens (tertiary/aromatic N) is 1. The van der Waals surface area contributed by atoms with Crippen molar-refractivity contribution in [2.24, 2.45) is 0 Å². The highest BCUT2D eigenvalue weighted by atomic mass is 16.4. The third-order valence-corrected chi connectivity index (χ3v) is 2.48. The molecule has 104 valence electrons. The van der Waals surface area contributed by atoms with Gasteiger partial charge in [-0.25, -0.2) is 4.79 Å². The summed E-state index contributed by atoms with van der Waals surface area (Å²) in [6.07, 6.45) is 4.48. The van der Waals surface area contributed by atoms with Crippen LogP contribution in [-0.4, -0.2) is 28.6 Å². The molecule has 6 heteroatoms. The maximum absolute atomic E-state index is 11.5. The van der Waals surface area contributed by atoms with Crippen LogP contribution in [0.2, 0.25) is 0 Å². The van der Waals surface area contributed by atoms with E-state index in [2.05, 4.69) is 22.5 Å². The Morgan fingerprint density at radius 3 is 2.68 bits per heavy atom. The Kier molecular flexibility index (Phi) is 6.35. The molecule has 0 saturated carbocycles. The SMILES string of the molecule is CCCCCNC(=O)Nc1ccc(CC(=O)O)nc1. The van der Waals surface area contributed by atoms with Gasteiger partial charge in [-0.3, -0.25) is 9.78 Å². The number of unbranched alkanes of at least 4 members (excludes halogenated alkanes) is 2. The fraction of sp³-hybridized carbons (Fsp3) is 0.462. The molecule has 1 aromatic rings. The quantitative estimate of drug-likeness (QED) is 0.658. The van der Waals surface area contributed by atoms with Crippen LogP contribution in [0.15, 0.2) is 18.3 Å². The summed E-state index contributed by atoms with van der Waals surface area (Å²) >= 11 is 0. The Morgan fingerprint density at radius 1 is 1.32 bits per heavy atom. The molecular weight excluding hydrogens is 246 g/mol. The van der Waals surface area contributed by atoms with Crippen LogP contribution in [-0.2, 0) is 11.2 Å². The first-order chi connectivity index (χ1) is 9.11. The van der Waals surface area contributed by atoms with E-state index in [-0.39, 0.29) is 12.5 Å². The van der Waals surface area contributed by atoms with Crippen LogP contribution in [0, 0.1) is 0 Å². The van der Waals surface area contributed by atoms with E-state index in [1.165, 1.54) is 6.20 Å². The van der Waals surface area contributed by atoms with Crippen LogP contribution in [0.4, 0.5) is 10.5 Å². The molecular formula is C13H19N3O3. The number of anilines is 1. The minimum atomic E-state index is -0.929. The topological polar surface area (TPSA) is 91.3 Å². The first-order valence-electron chi connectivity index (χ1n) is 6.33. The van der Waals surface area contributed by atoms with Gasteiger partial charge in [-0.05, 0) is 18.6 Å². The number of rotatable bonds is 7. The van der Waals surface area contributed by atoms with Gasteiger partial charge in [0.15, 0.2) is 0 Å². The van der Waals surface area contributed by atoms with E-state index in [9.17, 15) is 9.59 Å². The van der Waals surface area contributed by atoms with Crippen LogP contribution in [0.3, 0.4) is 0 Å². The average Bonchev–Trinajstić information content (AvgIpc) is 2.36. The van der Waals surface area contributed by atoms with Gasteiger partial charge >= 0.3 is 12.0 Å². The summed E-state index contributed by atoms with van der Waals surface area (Å²) in [5.74, 6) is -0.929. The third-order valence-electron chi connectivity index (χ3n) is 2.48. The van der Waals surface area contributed by atoms with Crippen molar-refractivity contribution in [1.29, 1.82) is 0 Å². The molecule has 0 radical (unpaired) electrons. The number of aliphatic carboxylic acids is 1. The van der Waals surface area contributed by atoms with E-state index >= 15 is 0 Å². The summed E-state index contributed by atoms with van der Waals surface area (Å²) in [7, 11) is 0. The van der Waals surface area contributed by atoms with E-state index in [1.54, 1.807) is 12.1 Å². The van der Waals surface area contributed by atoms with Crippen LogP contribution in [0.1, 0.15) is 31.9 Å². The van der Waals surface area contributed by atoms with Gasteiger partial charge in [0.1, 0.15) is 0 Å². The van der Waals surface area contributed by atoms with E-state index in [1.807, 2.05) is 0 Å². The van der Waals surface area contributed by atoms with E-state index in [0.717, 1.165) is 19.3 Å². The number of carbonyl (C=O) groups is 2. The number of urea groups is 1. The van der Waals surface area contributed by atoms with Crippen molar-refractivity contribution in [2.45, 2.75) is 32.6 Å². The second kappa shape index (κ2) is 8.07. The molecule has 1 aromatic heterocycles. The zero-order chi connectivity index (χ0) is 14.1. The molecule has 0 aliphatic carbocycles. The number of hydrogen-bond acceptors (Lipinski definition) is 3. The van der Waals surface area contributed by atoms with Crippen molar-refractivity contribution >= 4 is 17.7 Å². The number of hydrogen-bond donors (Lipinski definition) is 3. The highest BCUT2D eigenvalue weighted by Crippen LogP contribution is 2.06. The zero-order valence-electron chi connectivity index (χ0n) is 11.0. The molecule has 0 bridgehead atoms. The number of pyridine rings is 1. The number of carboxylic acids is 1. The lowest BCUT2D eigenvalue weighted by Crippen LogP contribution is -2.29. The zero-order valence-corrected chi connectivity index (χ0v) is 11.0. The first kappa shape index (κ1) is 14.9. The van der Waals surface area contributed by atoms with Crippen LogP contribution in [0.5, 0.6) is 0 Å². The number of carboxylic acid groups (broad SMARTS) is 1. The summed E-state index contributed by atoms with van der Waals surface area (Å²) in [5, 5.41) is 14.0. The molecule has 0 unspecified atom stereocenters. The molecule has 19 heavy (non-hydrogen) atoms. The van der Waals surface area contributed by atoms with Gasteiger partial charge in [-0.1, -0.05) is 19.8 Å². The van der Waals surface area contributed by atoms with E-state index in [0.29, 0.717) is 17.9 Å². The molecule has 0 spiro atoms. The Balaban J connectivity index is 2.36. The van der Waals surface area contributed by atoms with Gasteiger partial charge < -0.3 is 15.7 Å². The summed E-state index contributed by atoms with van der Waals surface area (Å²) in [4.78, 5) is 25.9. The van der Waals surface area contributed by atoms with Crippen molar-refractivity contribution in [1.82, 2.24) is 10.3 Å². The van der Waals surface area contributed by atoms with Gasteiger partial charge in [0, 0.05) is 6.54 Å². The first-order valence-corrected chi connectivity index (χ1v) is 6.33. The maximum Gasteiger partial charge on any atom is 0.319 e. The largest absolute Gasteiger partial charge is 0.481 e. The van der Waals surface area contributed by atoms with Crippen LogP contribution in [0.25, 0.3) is 0 Å². The van der Waals surface area contributed by atoms with Crippen LogP contribution >= 0.6 is 0 Å². The Bertz CT molecular complexity index is 418. The fourth-order valence-corrected chi connectivity index (χ4v) is 1.51. The highest BCUT2D eigenvalue weighted by molar-refractivity contribution is 5.88. The summed E-state index contributed by atoms with van der Waals surface area (Å²) in [6, 6.07) is 2.95. The van der Waals surface area contributed by atoms with E-state index in [4.69, 9.17) is 5.11 Å². The minimum Gasteiger partial charge on any atom is -0.481 e. The Morgan fingerprint density at radius 2 is 2.11 bits per heavy atom. The second-order valence-corrected chi connectivity index (χ2v) is 4.20. The van der Waals surface area contributed by atoms with Crippen molar-refractivity contribution in [3.05, 3.63) is 24.0 Å². The number of amides is 2. The molecule has 6 nitrogen and oxygen atoms in total. The molecule has 1 heterocycles. The Labute approximate surface area is 112 Å². The Hall–Kier alpha value is -2.11. The molecule has 0 fully saturated rings. The normalized spacial score (nSPS) is 9.95. The van der Waals surface area contributed by atoms with Crippen LogP contribution < -0.4 is 10.6 Å². The number of nitrogens with one attached hydrogen (secondary N) is 2. The lowest BCUT2D eigenvalue weighted by atomic mass is 10.2. The molecule has 0 aliphatic heterocycles. The van der Waals surface area contributed by atoms with Crippen molar-refractivity contribution in [3.8, 4) is 0 Å². The molecule has 0 aromatic carbocycles. The van der Waals surface area contributed by atoms with Gasteiger partial charge in [-0.2, -0.15) is 0 Å². The average molecular weight is 265 g/mol. The third kappa shape index (κ3) is 6.40. The molecule has 2 amide bonds. The molecule has 0 aliphatic rings. The molecule has 1 rings (SSSR count). The summed E-state index contributed by atoms with van der Waals surface area (Å²) in [5.41, 5.74) is 1.00. The number of aromatic nitrogens is 1. The minimum absolute atomic E-state index is 0.122. The second-order valence-electron chi connectivity index (χ2n) is 4.20. The molecule has 0 atom stereocenters. The number of carbonyl (C=O) groups excluding carboxylic acids is 1. The van der Waals surface area contributed by atoms with Crippen molar-refractivity contribution in [3.63, 3.8) is 0 Å². The summed E-state index contributed by atoms with van der Waals surface area (Å²) in [6.45, 7) is 2.74. The van der Waals surface area contributed by atoms with Crippen molar-refractivity contribution < 1.29 is 14.7 Å². The summed E-state index contributed by atoms with van der Waals surface area (Å²) < 4.78 is 0. The molecule has 0 saturated heterocycles. The predicted molar refractivity (Wildman–Crippen MR) is 72.1 cm³/mol. The van der Waals surface area contributed by atoms with Gasteiger partial charge in [-0.15, -0.1) is 0 Å². The highest BCUT2D eigenvalue weighted by Gasteiger charge is 2.04. The van der Waals surface area contributed by atoms with Gasteiger partial charge in [0.2, 0.25) is 0 Å². The molecule has 3 N–H and O–H groups in total. The smallest absolute Gasteiger partial charge is 0.319 e. The van der Waals surface area contributed by atoms with Gasteiger partial charge in [0.05, 0.1) is 24.0 Å².